The van der Waals surface area contributed by atoms with Crippen LogP contribution in [0.4, 0.5) is 17.3 Å². The number of nitrogens with zero attached hydrogens (tertiary/aromatic N) is 2. The van der Waals surface area contributed by atoms with Gasteiger partial charge in [0.15, 0.2) is 17.2 Å². The topological polar surface area (TPSA) is 97.5 Å². The number of aryl methyl sites for hydroxylation is 1. The molecule has 1 aliphatic rings. The minimum atomic E-state index is -1.09. The molecule has 0 aliphatic carbocycles. The first-order valence-electron chi connectivity index (χ1n) is 9.46. The zero-order valence-corrected chi connectivity index (χ0v) is 16.5. The van der Waals surface area contributed by atoms with E-state index in [0.29, 0.717) is 11.4 Å². The molecule has 7 heteroatoms. The van der Waals surface area contributed by atoms with Crippen molar-refractivity contribution in [2.24, 2.45) is 0 Å². The molecule has 0 radical (unpaired) electrons. The summed E-state index contributed by atoms with van der Waals surface area (Å²) in [6.45, 7) is 5.30. The van der Waals surface area contributed by atoms with Crippen molar-refractivity contribution in [1.29, 1.82) is 0 Å². The SMILES string of the molecule is CCCCc1ccc(NC(=O)CN2C(=O)C(C)(C)Oc3ccc(N)nc32)cc1. The molecule has 0 unspecified atom stereocenters. The van der Waals surface area contributed by atoms with E-state index in [-0.39, 0.29) is 30.0 Å². The van der Waals surface area contributed by atoms with Gasteiger partial charge in [-0.3, -0.25) is 14.5 Å². The average Bonchev–Trinajstić information content (AvgIpc) is 2.65. The van der Waals surface area contributed by atoms with E-state index in [1.165, 1.54) is 10.5 Å². The Morgan fingerprint density at radius 2 is 1.93 bits per heavy atom. The Bertz CT molecular complexity index is 878. The van der Waals surface area contributed by atoms with Gasteiger partial charge in [-0.2, -0.15) is 0 Å². The van der Waals surface area contributed by atoms with Crippen molar-refractivity contribution in [2.75, 3.05) is 22.5 Å². The van der Waals surface area contributed by atoms with Gasteiger partial charge >= 0.3 is 0 Å². The van der Waals surface area contributed by atoms with Gasteiger partial charge in [0.1, 0.15) is 12.4 Å². The zero-order valence-electron chi connectivity index (χ0n) is 16.5. The number of fused-ring (bicyclic) bond motifs is 1. The van der Waals surface area contributed by atoms with Gasteiger partial charge in [0.05, 0.1) is 0 Å². The molecular formula is C21H26N4O3. The molecule has 2 aromatic rings. The van der Waals surface area contributed by atoms with E-state index in [1.54, 1.807) is 26.0 Å². The van der Waals surface area contributed by atoms with Crippen LogP contribution in [0.25, 0.3) is 0 Å². The number of hydrogen-bond donors (Lipinski definition) is 2. The summed E-state index contributed by atoms with van der Waals surface area (Å²) >= 11 is 0. The van der Waals surface area contributed by atoms with Gasteiger partial charge in [0, 0.05) is 5.69 Å². The highest BCUT2D eigenvalue weighted by molar-refractivity contribution is 6.07. The van der Waals surface area contributed by atoms with Gasteiger partial charge in [-0.05, 0) is 56.5 Å². The summed E-state index contributed by atoms with van der Waals surface area (Å²) in [7, 11) is 0. The molecule has 1 aromatic heterocycles. The third kappa shape index (κ3) is 4.24. The first-order chi connectivity index (χ1) is 13.3. The van der Waals surface area contributed by atoms with Crippen molar-refractivity contribution >= 4 is 29.1 Å². The highest BCUT2D eigenvalue weighted by Crippen LogP contribution is 2.36. The number of benzene rings is 1. The van der Waals surface area contributed by atoms with Crippen LogP contribution in [0, 0.1) is 0 Å². The lowest BCUT2D eigenvalue weighted by molar-refractivity contribution is -0.133. The molecule has 0 spiro atoms. The average molecular weight is 382 g/mol. The predicted octanol–water partition coefficient (Wildman–Crippen LogP) is 3.15. The highest BCUT2D eigenvalue weighted by Gasteiger charge is 2.42. The van der Waals surface area contributed by atoms with Crippen molar-refractivity contribution in [2.45, 2.75) is 45.6 Å². The van der Waals surface area contributed by atoms with Gasteiger partial charge in [0.25, 0.3) is 5.91 Å². The van der Waals surface area contributed by atoms with Crippen LogP contribution in [0.5, 0.6) is 5.75 Å². The van der Waals surface area contributed by atoms with E-state index in [4.69, 9.17) is 10.5 Å². The second-order valence-electron chi connectivity index (χ2n) is 7.41. The Balaban J connectivity index is 1.74. The minimum Gasteiger partial charge on any atom is -0.474 e. The van der Waals surface area contributed by atoms with Gasteiger partial charge in [-0.15, -0.1) is 0 Å². The van der Waals surface area contributed by atoms with Crippen LogP contribution in [0.1, 0.15) is 39.2 Å². The molecule has 3 rings (SSSR count). The van der Waals surface area contributed by atoms with Crippen LogP contribution in [0.15, 0.2) is 36.4 Å². The number of anilines is 3. The molecule has 0 bridgehead atoms. The lowest BCUT2D eigenvalue weighted by atomic mass is 10.1. The molecule has 28 heavy (non-hydrogen) atoms. The smallest absolute Gasteiger partial charge is 0.272 e. The largest absolute Gasteiger partial charge is 0.474 e. The zero-order chi connectivity index (χ0) is 20.3. The third-order valence-electron chi connectivity index (χ3n) is 4.60. The number of rotatable bonds is 6. The van der Waals surface area contributed by atoms with Gasteiger partial charge in [-0.1, -0.05) is 25.5 Å². The summed E-state index contributed by atoms with van der Waals surface area (Å²) in [5, 5.41) is 2.83. The lowest BCUT2D eigenvalue weighted by Crippen LogP contribution is -2.54. The Morgan fingerprint density at radius 3 is 2.61 bits per heavy atom. The van der Waals surface area contributed by atoms with E-state index >= 15 is 0 Å². The van der Waals surface area contributed by atoms with Crippen molar-refractivity contribution in [3.8, 4) is 5.75 Å². The number of nitrogens with one attached hydrogen (secondary N) is 1. The fourth-order valence-corrected chi connectivity index (χ4v) is 3.09. The highest BCUT2D eigenvalue weighted by atomic mass is 16.5. The number of aromatic nitrogens is 1. The van der Waals surface area contributed by atoms with Gasteiger partial charge in [0.2, 0.25) is 5.91 Å². The fourth-order valence-electron chi connectivity index (χ4n) is 3.09. The van der Waals surface area contributed by atoms with Crippen molar-refractivity contribution in [1.82, 2.24) is 4.98 Å². The molecule has 0 fully saturated rings. The number of carbonyl (C=O) groups is 2. The molecule has 148 valence electrons. The number of nitrogen functional groups attached to an aromatic ring is 1. The maximum absolute atomic E-state index is 12.8. The lowest BCUT2D eigenvalue weighted by Gasteiger charge is -2.37. The summed E-state index contributed by atoms with van der Waals surface area (Å²) in [5.41, 5.74) is 6.58. The Labute approximate surface area is 164 Å². The second-order valence-corrected chi connectivity index (χ2v) is 7.41. The minimum absolute atomic E-state index is 0.174. The van der Waals surface area contributed by atoms with Crippen LogP contribution in [0.3, 0.4) is 0 Å². The maximum atomic E-state index is 12.8. The summed E-state index contributed by atoms with van der Waals surface area (Å²) in [5.74, 6) is 0.273. The second kappa shape index (κ2) is 7.88. The summed E-state index contributed by atoms with van der Waals surface area (Å²) in [4.78, 5) is 30.9. The number of ether oxygens (including phenoxy) is 1. The van der Waals surface area contributed by atoms with Gasteiger partial charge in [-0.25, -0.2) is 4.98 Å². The molecule has 1 aliphatic heterocycles. The quantitative estimate of drug-likeness (QED) is 0.800. The van der Waals surface area contributed by atoms with Gasteiger partial charge < -0.3 is 15.8 Å². The summed E-state index contributed by atoms with van der Waals surface area (Å²) < 4.78 is 5.72. The van der Waals surface area contributed by atoms with E-state index in [9.17, 15) is 9.59 Å². The molecule has 1 aromatic carbocycles. The normalized spacial score (nSPS) is 15.0. The number of amides is 2. The van der Waals surface area contributed by atoms with Crippen LogP contribution in [0.2, 0.25) is 0 Å². The van der Waals surface area contributed by atoms with E-state index in [2.05, 4.69) is 17.2 Å². The number of pyridine rings is 1. The summed E-state index contributed by atoms with van der Waals surface area (Å²) in [6.07, 6.45) is 3.30. The molecule has 2 amide bonds. The molecule has 0 saturated carbocycles. The first-order valence-corrected chi connectivity index (χ1v) is 9.46. The Kier molecular flexibility index (Phi) is 5.53. The van der Waals surface area contributed by atoms with E-state index in [1.807, 2.05) is 24.3 Å². The Hall–Kier alpha value is -3.09. The molecule has 3 N–H and O–H groups in total. The monoisotopic (exact) mass is 382 g/mol. The molecule has 0 atom stereocenters. The number of nitrogens with two attached hydrogens (primary N) is 1. The summed E-state index contributed by atoms with van der Waals surface area (Å²) in [6, 6.07) is 11.0. The third-order valence-corrected chi connectivity index (χ3v) is 4.60. The van der Waals surface area contributed by atoms with Crippen LogP contribution in [-0.4, -0.2) is 28.9 Å². The standard InChI is InChI=1S/C21H26N4O3/c1-4-5-6-14-7-9-15(10-8-14)23-18(26)13-25-19-16(11-12-17(22)24-19)28-21(2,3)20(25)27/h7-12H,4-6,13H2,1-3H3,(H2,22,24)(H,23,26). The maximum Gasteiger partial charge on any atom is 0.272 e. The molecule has 7 nitrogen and oxygen atoms in total. The number of unbranched alkanes of at least 4 members (excludes halogenated alkanes) is 1. The predicted molar refractivity (Wildman–Crippen MR) is 109 cm³/mol. The van der Waals surface area contributed by atoms with Crippen LogP contribution >= 0.6 is 0 Å². The fraction of sp³-hybridized carbons (Fsp3) is 0.381. The van der Waals surface area contributed by atoms with Crippen LogP contribution < -0.4 is 20.7 Å². The molecular weight excluding hydrogens is 356 g/mol. The van der Waals surface area contributed by atoms with Crippen molar-refractivity contribution in [3.63, 3.8) is 0 Å². The number of hydrogen-bond acceptors (Lipinski definition) is 5. The Morgan fingerprint density at radius 1 is 1.21 bits per heavy atom. The van der Waals surface area contributed by atoms with Crippen molar-refractivity contribution in [3.05, 3.63) is 42.0 Å². The molecule has 2 heterocycles. The number of carbonyl (C=O) groups excluding carboxylic acids is 2. The van der Waals surface area contributed by atoms with Crippen LogP contribution in [-0.2, 0) is 16.0 Å². The van der Waals surface area contributed by atoms with E-state index in [0.717, 1.165) is 19.3 Å². The first kappa shape index (κ1) is 19.7. The van der Waals surface area contributed by atoms with Crippen molar-refractivity contribution < 1.29 is 14.3 Å². The molecule has 0 saturated heterocycles. The van der Waals surface area contributed by atoms with E-state index < -0.39 is 5.60 Å².